The van der Waals surface area contributed by atoms with Gasteiger partial charge < -0.3 is 25.4 Å². The molecule has 0 saturated heterocycles. The number of H-pyrrole nitrogens is 1. The minimum atomic E-state index is -0.919. The number of aliphatic hydroxyl groups excluding tert-OH is 2. The Balaban J connectivity index is 0.00000529. The van der Waals surface area contributed by atoms with Gasteiger partial charge in [0, 0.05) is 47.4 Å². The molecule has 44 heavy (non-hydrogen) atoms. The molecular weight excluding hydrogens is 588 g/mol. The quantitative estimate of drug-likeness (QED) is 0.201. The number of aliphatic imine (C=N–C) groups is 3. The van der Waals surface area contributed by atoms with Crippen molar-refractivity contribution in [3.8, 4) is 0 Å². The number of carboxylic acid groups (broad SMARTS) is 2. The molecule has 228 valence electrons. The van der Waals surface area contributed by atoms with Gasteiger partial charge >= 0.3 is 49.7 Å². The van der Waals surface area contributed by atoms with Gasteiger partial charge in [-0.15, -0.1) is 0 Å². The van der Waals surface area contributed by atoms with Crippen LogP contribution in [0, 0.1) is 6.92 Å². The van der Waals surface area contributed by atoms with Crippen LogP contribution >= 0.6 is 0 Å². The van der Waals surface area contributed by atoms with Crippen LogP contribution in [0.3, 0.4) is 0 Å². The third-order valence-electron chi connectivity index (χ3n) is 8.12. The van der Waals surface area contributed by atoms with E-state index in [1.165, 1.54) is 0 Å². The minimum absolute atomic E-state index is 0. The molecule has 3 aliphatic rings. The van der Waals surface area contributed by atoms with E-state index in [1.807, 2.05) is 26.8 Å². The fourth-order valence-corrected chi connectivity index (χ4v) is 5.62. The molecule has 10 nitrogen and oxygen atoms in total. The summed E-state index contributed by atoms with van der Waals surface area (Å²) in [5.74, 6) is -2.03. The van der Waals surface area contributed by atoms with Gasteiger partial charge in [-0.05, 0) is 80.5 Å². The van der Waals surface area contributed by atoms with Crippen LogP contribution in [0.2, 0.25) is 0 Å². The average Bonchev–Trinajstić information content (AvgIpc) is 3.59. The molecular formula is C33H38CaN4O6. The second-order valence-corrected chi connectivity index (χ2v) is 10.7. The second-order valence-electron chi connectivity index (χ2n) is 10.7. The van der Waals surface area contributed by atoms with Gasteiger partial charge in [-0.25, -0.2) is 9.98 Å². The van der Waals surface area contributed by atoms with Gasteiger partial charge in [-0.1, -0.05) is 25.3 Å². The molecule has 4 rings (SSSR count). The first-order valence-electron chi connectivity index (χ1n) is 13.9. The molecule has 0 saturated carbocycles. The number of aromatic amines is 1. The molecule has 1 aromatic heterocycles. The first-order chi connectivity index (χ1) is 20.4. The van der Waals surface area contributed by atoms with Crippen molar-refractivity contribution in [1.82, 2.24) is 4.98 Å². The average molecular weight is 627 g/mol. The van der Waals surface area contributed by atoms with Gasteiger partial charge in [0.2, 0.25) is 11.8 Å². The Morgan fingerprint density at radius 1 is 0.841 bits per heavy atom. The molecule has 0 aromatic carbocycles. The molecule has 0 spiro atoms. The Labute approximate surface area is 286 Å². The molecule has 0 bridgehead atoms. The van der Waals surface area contributed by atoms with E-state index in [2.05, 4.69) is 28.1 Å². The molecule has 0 fully saturated rings. The van der Waals surface area contributed by atoms with Gasteiger partial charge in [0.25, 0.3) is 0 Å². The van der Waals surface area contributed by atoms with E-state index in [1.54, 1.807) is 25.2 Å². The Morgan fingerprint density at radius 3 is 2.05 bits per heavy atom. The Hall–Kier alpha value is -3.73. The van der Waals surface area contributed by atoms with Gasteiger partial charge in [0.15, 0.2) is 0 Å². The SMILES string of the molecule is C=CC1=C(C)C(O)=NC1=Cc1[nH]c(CC2N=C(C=C3N=C(O)C(C=C)=C3C)C(C)=C2CCC(=O)O)c(CCC(=O)O)c1C.[CaH2]. The van der Waals surface area contributed by atoms with Gasteiger partial charge in [0.05, 0.1) is 23.1 Å². The van der Waals surface area contributed by atoms with Gasteiger partial charge in [-0.3, -0.25) is 14.6 Å². The molecule has 4 heterocycles. The van der Waals surface area contributed by atoms with E-state index >= 15 is 0 Å². The zero-order valence-corrected chi connectivity index (χ0v) is 24.8. The summed E-state index contributed by atoms with van der Waals surface area (Å²) in [6.07, 6.45) is 7.61. The van der Waals surface area contributed by atoms with E-state index in [9.17, 15) is 30.0 Å². The molecule has 0 radical (unpaired) electrons. The number of hydrogen-bond donors (Lipinski definition) is 5. The third kappa shape index (κ3) is 7.14. The van der Waals surface area contributed by atoms with E-state index in [-0.39, 0.29) is 68.8 Å². The number of aliphatic carboxylic acids is 2. The standard InChI is InChI=1S/C33H36N4O6.Ca.2H/c1-7-20-19(6)32(42)37-27(20)14-25-18(5)23(10-12-31(40)41)29(35-25)15-28-22(9-11-30(38)39)17(4)24(34-28)13-26-16(3)21(8-2)33(43)36-26;;;/h7-8,13-14,28,35H,1-2,9-12,15H2,3-6H3,(H,36,43)(H,37,42)(H,38,39)(H,40,41);;;. The second kappa shape index (κ2) is 14.4. The third-order valence-corrected chi connectivity index (χ3v) is 8.12. The maximum atomic E-state index is 11.5. The van der Waals surface area contributed by atoms with E-state index in [0.717, 1.165) is 39.2 Å². The summed E-state index contributed by atoms with van der Waals surface area (Å²) >= 11 is 0. The predicted octanol–water partition coefficient (Wildman–Crippen LogP) is 5.14. The molecule has 3 aliphatic heterocycles. The molecule has 1 atom stereocenters. The van der Waals surface area contributed by atoms with Crippen molar-refractivity contribution in [2.45, 2.75) is 65.8 Å². The number of aromatic nitrogens is 1. The molecule has 0 amide bonds. The van der Waals surface area contributed by atoms with Crippen LogP contribution in [0.4, 0.5) is 0 Å². The van der Waals surface area contributed by atoms with Crippen molar-refractivity contribution in [2.75, 3.05) is 0 Å². The number of nitrogens with one attached hydrogen (secondary N) is 1. The Kier molecular flexibility index (Phi) is 11.3. The Morgan fingerprint density at radius 2 is 1.45 bits per heavy atom. The number of carboxylic acids is 2. The Bertz CT molecular complexity index is 1690. The zero-order chi connectivity index (χ0) is 31.6. The molecule has 0 aliphatic carbocycles. The summed E-state index contributed by atoms with van der Waals surface area (Å²) in [4.78, 5) is 39.9. The molecule has 1 unspecified atom stereocenters. The van der Waals surface area contributed by atoms with Crippen LogP contribution in [0.5, 0.6) is 0 Å². The number of allylic oxidation sites excluding steroid dienone is 4. The zero-order valence-electron chi connectivity index (χ0n) is 24.8. The monoisotopic (exact) mass is 626 g/mol. The summed E-state index contributed by atoms with van der Waals surface area (Å²) < 4.78 is 0. The van der Waals surface area contributed by atoms with Crippen molar-refractivity contribution in [3.63, 3.8) is 0 Å². The van der Waals surface area contributed by atoms with Gasteiger partial charge in [0.1, 0.15) is 0 Å². The fourth-order valence-electron chi connectivity index (χ4n) is 5.62. The number of carbonyl (C=O) groups is 2. The molecule has 1 aromatic rings. The molecule has 5 N–H and O–H groups in total. The van der Waals surface area contributed by atoms with Crippen LogP contribution in [0.25, 0.3) is 6.08 Å². The number of hydrogen-bond acceptors (Lipinski definition) is 5. The van der Waals surface area contributed by atoms with Crippen LogP contribution in [0.15, 0.2) is 91.2 Å². The summed E-state index contributed by atoms with van der Waals surface area (Å²) in [6, 6.07) is -0.394. The van der Waals surface area contributed by atoms with Crippen molar-refractivity contribution in [3.05, 3.63) is 98.7 Å². The van der Waals surface area contributed by atoms with Crippen LogP contribution in [-0.4, -0.2) is 98.6 Å². The maximum absolute atomic E-state index is 11.5. The van der Waals surface area contributed by atoms with E-state index < -0.39 is 18.0 Å². The van der Waals surface area contributed by atoms with Crippen molar-refractivity contribution >= 4 is 73.3 Å². The van der Waals surface area contributed by atoms with Crippen LogP contribution < -0.4 is 0 Å². The summed E-state index contributed by atoms with van der Waals surface area (Å²) in [5, 5.41) is 39.2. The fraction of sp³-hybridized carbons (Fsp3) is 0.303. The van der Waals surface area contributed by atoms with Crippen molar-refractivity contribution in [2.24, 2.45) is 15.0 Å². The normalized spacial score (nSPS) is 19.9. The number of nitrogens with zero attached hydrogens (tertiary/aromatic N) is 3. The number of aliphatic hydroxyl groups is 2. The first-order valence-corrected chi connectivity index (χ1v) is 13.9. The summed E-state index contributed by atoms with van der Waals surface area (Å²) in [5.41, 5.74) is 9.31. The molecule has 11 heteroatoms. The van der Waals surface area contributed by atoms with Gasteiger partial charge in [-0.2, -0.15) is 0 Å². The topological polar surface area (TPSA) is 168 Å². The van der Waals surface area contributed by atoms with E-state index in [0.29, 0.717) is 46.7 Å². The van der Waals surface area contributed by atoms with Crippen LogP contribution in [0.1, 0.15) is 62.5 Å². The van der Waals surface area contributed by atoms with E-state index in [4.69, 9.17) is 4.99 Å². The number of rotatable bonds is 12. The van der Waals surface area contributed by atoms with Crippen molar-refractivity contribution in [1.29, 1.82) is 0 Å². The predicted molar refractivity (Wildman–Crippen MR) is 177 cm³/mol. The first kappa shape index (κ1) is 34.8. The summed E-state index contributed by atoms with van der Waals surface area (Å²) in [6.45, 7) is 15.0. The summed E-state index contributed by atoms with van der Waals surface area (Å²) in [7, 11) is 0. The van der Waals surface area contributed by atoms with Crippen LogP contribution in [-0.2, 0) is 22.4 Å². The van der Waals surface area contributed by atoms with Crippen molar-refractivity contribution < 1.29 is 30.0 Å².